The Bertz CT molecular complexity index is 1680. The van der Waals surface area contributed by atoms with Gasteiger partial charge in [0.2, 0.25) is 5.91 Å². The lowest BCUT2D eigenvalue weighted by Gasteiger charge is -2.12. The Morgan fingerprint density at radius 2 is 1.49 bits per heavy atom. The first-order chi connectivity index (χ1) is 17.6. The summed E-state index contributed by atoms with van der Waals surface area (Å²) < 4.78 is 2.08. The SMILES string of the molecule is Cn1c(=O)c2c(SCC(=O)Nc3ccc([N+](=O)[O-])cc3)nc(-c3ccc([N+](=O)[O-])cc3)nc2n(C)c1=O. The van der Waals surface area contributed by atoms with E-state index in [1.165, 1.54) is 67.2 Å². The van der Waals surface area contributed by atoms with Gasteiger partial charge in [-0.1, -0.05) is 11.8 Å². The minimum Gasteiger partial charge on any atom is -0.325 e. The van der Waals surface area contributed by atoms with Crippen molar-refractivity contribution in [3.63, 3.8) is 0 Å². The van der Waals surface area contributed by atoms with Crippen molar-refractivity contribution in [1.29, 1.82) is 0 Å². The minimum atomic E-state index is -0.647. The van der Waals surface area contributed by atoms with Gasteiger partial charge in [-0.05, 0) is 24.3 Å². The van der Waals surface area contributed by atoms with Gasteiger partial charge in [0.05, 0.1) is 15.6 Å². The van der Waals surface area contributed by atoms with Crippen molar-refractivity contribution < 1.29 is 14.6 Å². The Hall–Kier alpha value is -4.92. The lowest BCUT2D eigenvalue weighted by Crippen LogP contribution is -2.37. The summed E-state index contributed by atoms with van der Waals surface area (Å²) in [7, 11) is 2.75. The number of carbonyl (C=O) groups excluding carboxylic acids is 1. The molecule has 2 aromatic heterocycles. The van der Waals surface area contributed by atoms with Gasteiger partial charge in [0.25, 0.3) is 16.9 Å². The first kappa shape index (κ1) is 25.2. The molecule has 0 saturated carbocycles. The van der Waals surface area contributed by atoms with Gasteiger partial charge in [-0.3, -0.25) is 39.0 Å². The van der Waals surface area contributed by atoms with Crippen molar-refractivity contribution in [3.8, 4) is 11.4 Å². The highest BCUT2D eigenvalue weighted by molar-refractivity contribution is 8.00. The van der Waals surface area contributed by atoms with Gasteiger partial charge >= 0.3 is 5.69 Å². The molecule has 1 N–H and O–H groups in total. The number of rotatable bonds is 7. The molecule has 0 atom stereocenters. The van der Waals surface area contributed by atoms with E-state index in [1.807, 2.05) is 0 Å². The number of carbonyl (C=O) groups is 1. The number of nitrogens with one attached hydrogen (secondary N) is 1. The number of nitrogens with zero attached hydrogens (tertiary/aromatic N) is 6. The third-order valence-electron chi connectivity index (χ3n) is 5.30. The summed E-state index contributed by atoms with van der Waals surface area (Å²) in [6.07, 6.45) is 0. The zero-order valence-electron chi connectivity index (χ0n) is 19.3. The monoisotopic (exact) mass is 523 g/mol. The van der Waals surface area contributed by atoms with Crippen LogP contribution >= 0.6 is 11.8 Å². The highest BCUT2D eigenvalue weighted by Crippen LogP contribution is 2.27. The van der Waals surface area contributed by atoms with Gasteiger partial charge in [-0.2, -0.15) is 0 Å². The second kappa shape index (κ2) is 9.98. The summed E-state index contributed by atoms with van der Waals surface area (Å²) in [6, 6.07) is 10.7. The Morgan fingerprint density at radius 3 is 2.05 bits per heavy atom. The molecule has 0 bridgehead atoms. The molecule has 2 heterocycles. The van der Waals surface area contributed by atoms with Crippen molar-refractivity contribution >= 4 is 45.8 Å². The van der Waals surface area contributed by atoms with Gasteiger partial charge in [-0.25, -0.2) is 14.8 Å². The second-order valence-corrected chi connectivity index (χ2v) is 8.67. The summed E-state index contributed by atoms with van der Waals surface area (Å²) >= 11 is 0.931. The van der Waals surface area contributed by atoms with E-state index in [0.717, 1.165) is 16.3 Å². The van der Waals surface area contributed by atoms with Crippen LogP contribution in [0.2, 0.25) is 0 Å². The molecule has 0 unspecified atom stereocenters. The maximum absolute atomic E-state index is 12.9. The number of hydrogen-bond acceptors (Lipinski definition) is 10. The van der Waals surface area contributed by atoms with Crippen LogP contribution in [0.5, 0.6) is 0 Å². The second-order valence-electron chi connectivity index (χ2n) is 7.70. The van der Waals surface area contributed by atoms with Crippen molar-refractivity contribution in [3.05, 3.63) is 89.6 Å². The number of benzene rings is 2. The molecule has 188 valence electrons. The molecule has 4 aromatic rings. The van der Waals surface area contributed by atoms with Crippen LogP contribution in [0, 0.1) is 20.2 Å². The number of aryl methyl sites for hydroxylation is 1. The number of aromatic nitrogens is 4. The molecular formula is C22H17N7O7S. The summed E-state index contributed by atoms with van der Waals surface area (Å²) in [5, 5.41) is 24.6. The zero-order chi connectivity index (χ0) is 26.9. The Morgan fingerprint density at radius 1 is 0.919 bits per heavy atom. The molecule has 37 heavy (non-hydrogen) atoms. The fraction of sp³-hybridized carbons (Fsp3) is 0.136. The van der Waals surface area contributed by atoms with E-state index >= 15 is 0 Å². The Balaban J connectivity index is 1.71. The van der Waals surface area contributed by atoms with Crippen LogP contribution in [0.25, 0.3) is 22.4 Å². The predicted molar refractivity (Wildman–Crippen MR) is 135 cm³/mol. The lowest BCUT2D eigenvalue weighted by atomic mass is 10.2. The average Bonchev–Trinajstić information content (AvgIpc) is 2.89. The maximum Gasteiger partial charge on any atom is 0.332 e. The van der Waals surface area contributed by atoms with Gasteiger partial charge in [0.15, 0.2) is 11.5 Å². The van der Waals surface area contributed by atoms with E-state index in [1.54, 1.807) is 0 Å². The molecule has 0 radical (unpaired) electrons. The van der Waals surface area contributed by atoms with E-state index in [4.69, 9.17) is 0 Å². The number of nitro groups is 2. The quantitative estimate of drug-likeness (QED) is 0.163. The predicted octanol–water partition coefficient (Wildman–Crippen LogP) is 2.24. The largest absolute Gasteiger partial charge is 0.332 e. The molecule has 0 aliphatic rings. The van der Waals surface area contributed by atoms with E-state index in [9.17, 15) is 34.6 Å². The highest BCUT2D eigenvalue weighted by atomic mass is 32.2. The molecule has 15 heteroatoms. The first-order valence-electron chi connectivity index (χ1n) is 10.5. The fourth-order valence-corrected chi connectivity index (χ4v) is 4.21. The van der Waals surface area contributed by atoms with Gasteiger partial charge < -0.3 is 5.32 Å². The molecule has 1 amide bonds. The van der Waals surface area contributed by atoms with E-state index in [-0.39, 0.29) is 39.0 Å². The Kier molecular flexibility index (Phi) is 6.79. The summed E-state index contributed by atoms with van der Waals surface area (Å²) in [4.78, 5) is 67.4. The number of amides is 1. The summed E-state index contributed by atoms with van der Waals surface area (Å²) in [6.45, 7) is 0. The number of thioether (sulfide) groups is 1. The molecule has 0 spiro atoms. The summed E-state index contributed by atoms with van der Waals surface area (Å²) in [5.41, 5.74) is -0.742. The fourth-order valence-electron chi connectivity index (χ4n) is 3.39. The van der Waals surface area contributed by atoms with Crippen molar-refractivity contribution in [2.75, 3.05) is 11.1 Å². The molecule has 4 rings (SSSR count). The van der Waals surface area contributed by atoms with E-state index in [2.05, 4.69) is 15.3 Å². The maximum atomic E-state index is 12.9. The molecule has 0 saturated heterocycles. The molecule has 14 nitrogen and oxygen atoms in total. The van der Waals surface area contributed by atoms with Gasteiger partial charge in [0.1, 0.15) is 10.4 Å². The first-order valence-corrected chi connectivity index (χ1v) is 11.4. The van der Waals surface area contributed by atoms with Crippen molar-refractivity contribution in [1.82, 2.24) is 19.1 Å². The third-order valence-corrected chi connectivity index (χ3v) is 6.28. The van der Waals surface area contributed by atoms with Crippen LogP contribution in [-0.4, -0.2) is 40.6 Å². The van der Waals surface area contributed by atoms with E-state index in [0.29, 0.717) is 11.3 Å². The number of nitro benzene ring substituents is 2. The lowest BCUT2D eigenvalue weighted by molar-refractivity contribution is -0.385. The minimum absolute atomic E-state index is 0.0309. The van der Waals surface area contributed by atoms with Crippen molar-refractivity contribution in [2.24, 2.45) is 14.1 Å². The van der Waals surface area contributed by atoms with Crippen LogP contribution in [0.1, 0.15) is 0 Å². The zero-order valence-corrected chi connectivity index (χ0v) is 20.1. The van der Waals surface area contributed by atoms with E-state index < -0.39 is 27.0 Å². The van der Waals surface area contributed by atoms with Gasteiger partial charge in [0, 0.05) is 49.6 Å². The summed E-state index contributed by atoms with van der Waals surface area (Å²) in [5.74, 6) is -0.553. The molecule has 0 aliphatic heterocycles. The third kappa shape index (κ3) is 5.06. The highest BCUT2D eigenvalue weighted by Gasteiger charge is 2.19. The number of hydrogen-bond donors (Lipinski definition) is 1. The normalized spacial score (nSPS) is 10.9. The van der Waals surface area contributed by atoms with Crippen molar-refractivity contribution in [2.45, 2.75) is 5.03 Å². The average molecular weight is 523 g/mol. The van der Waals surface area contributed by atoms with Crippen LogP contribution in [-0.2, 0) is 18.9 Å². The molecule has 2 aromatic carbocycles. The molecule has 0 aliphatic carbocycles. The van der Waals surface area contributed by atoms with Crippen LogP contribution < -0.4 is 16.6 Å². The molecular weight excluding hydrogens is 506 g/mol. The van der Waals surface area contributed by atoms with Crippen LogP contribution in [0.15, 0.2) is 63.1 Å². The van der Waals surface area contributed by atoms with Crippen LogP contribution in [0.3, 0.4) is 0 Å². The smallest absolute Gasteiger partial charge is 0.325 e. The number of non-ortho nitro benzene ring substituents is 2. The Labute approximate surface area is 210 Å². The molecule has 0 fully saturated rings. The topological polar surface area (TPSA) is 185 Å². The van der Waals surface area contributed by atoms with Crippen LogP contribution in [0.4, 0.5) is 17.1 Å². The van der Waals surface area contributed by atoms with Gasteiger partial charge in [-0.15, -0.1) is 0 Å². The standard InChI is InChI=1S/C22H17N7O7S/c1-26-19-17(21(31)27(2)22(26)32)20(25-18(24-19)12-3-7-14(8-4-12)28(33)34)37-11-16(30)23-13-5-9-15(10-6-13)29(35)36/h3-10H,11H2,1-2H3,(H,23,30). The number of anilines is 1. The number of fused-ring (bicyclic) bond motifs is 1.